The van der Waals surface area contributed by atoms with Gasteiger partial charge in [-0.3, -0.25) is 5.84 Å². The van der Waals surface area contributed by atoms with Gasteiger partial charge in [0.05, 0.1) is 0 Å². The van der Waals surface area contributed by atoms with Gasteiger partial charge in [0.25, 0.3) is 0 Å². The molecule has 0 saturated heterocycles. The summed E-state index contributed by atoms with van der Waals surface area (Å²) in [5.41, 5.74) is 0. The summed E-state index contributed by atoms with van der Waals surface area (Å²) in [7, 11) is 0. The van der Waals surface area contributed by atoms with Crippen molar-refractivity contribution in [2.24, 2.45) is 5.84 Å². The molecule has 0 rings (SSSR count). The number of hydrazine groups is 1. The van der Waals surface area contributed by atoms with Crippen LogP contribution in [0.1, 0.15) is 13.3 Å². The van der Waals surface area contributed by atoms with Gasteiger partial charge in [0, 0.05) is 19.7 Å². The van der Waals surface area contributed by atoms with Crippen LogP contribution in [0.25, 0.3) is 0 Å². The Labute approximate surface area is 50.1 Å². The van der Waals surface area contributed by atoms with E-state index in [0.29, 0.717) is 0 Å². The average Bonchev–Trinajstić information content (AvgIpc) is 1.83. The number of hydrogen-bond donors (Lipinski definition) is 2. The Balaban J connectivity index is 2.86. The van der Waals surface area contributed by atoms with Crippen molar-refractivity contribution in [3.05, 3.63) is 0 Å². The second-order valence-corrected chi connectivity index (χ2v) is 1.71. The van der Waals surface area contributed by atoms with Crippen LogP contribution < -0.4 is 5.84 Å². The molecule has 3 nitrogen and oxygen atoms in total. The van der Waals surface area contributed by atoms with Crippen molar-refractivity contribution >= 4 is 0 Å². The van der Waals surface area contributed by atoms with Crippen LogP contribution in [0.5, 0.6) is 0 Å². The standard InChI is InChI=1S/C5H14N2O/c1-2-7(6)4-3-5-8/h8H,2-6H2,1H3. The van der Waals surface area contributed by atoms with Crippen LogP contribution in [0.3, 0.4) is 0 Å². The Hall–Kier alpha value is -0.120. The van der Waals surface area contributed by atoms with Crippen molar-refractivity contribution in [1.29, 1.82) is 0 Å². The molecule has 0 heterocycles. The van der Waals surface area contributed by atoms with Crippen LogP contribution in [0.4, 0.5) is 0 Å². The molecule has 8 heavy (non-hydrogen) atoms. The molecule has 0 aliphatic rings. The summed E-state index contributed by atoms with van der Waals surface area (Å²) in [6.07, 6.45) is 0.768. The maximum atomic E-state index is 8.33. The number of nitrogens with two attached hydrogens (primary N) is 1. The van der Waals surface area contributed by atoms with Crippen LogP contribution in [-0.4, -0.2) is 29.8 Å². The molecule has 0 saturated carbocycles. The van der Waals surface area contributed by atoms with E-state index in [0.717, 1.165) is 19.5 Å². The van der Waals surface area contributed by atoms with E-state index in [4.69, 9.17) is 10.9 Å². The first-order valence-corrected chi connectivity index (χ1v) is 2.91. The second kappa shape index (κ2) is 5.03. The smallest absolute Gasteiger partial charge is 0.0443 e. The fourth-order valence-corrected chi connectivity index (χ4v) is 0.432. The number of aliphatic hydroxyl groups excluding tert-OH is 1. The molecule has 0 aromatic rings. The normalized spacial score (nSPS) is 10.5. The number of aliphatic hydroxyl groups is 1. The maximum absolute atomic E-state index is 8.33. The Morgan fingerprint density at radius 3 is 2.62 bits per heavy atom. The van der Waals surface area contributed by atoms with E-state index >= 15 is 0 Å². The lowest BCUT2D eigenvalue weighted by Crippen LogP contribution is -2.31. The highest BCUT2D eigenvalue weighted by Crippen LogP contribution is 1.79. The molecule has 0 atom stereocenters. The lowest BCUT2D eigenvalue weighted by molar-refractivity contribution is 0.233. The Morgan fingerprint density at radius 2 is 2.25 bits per heavy atom. The molecule has 50 valence electrons. The Bertz CT molecular complexity index is 49.7. The molecule has 0 fully saturated rings. The maximum Gasteiger partial charge on any atom is 0.0443 e. The van der Waals surface area contributed by atoms with Crippen LogP contribution in [0, 0.1) is 0 Å². The van der Waals surface area contributed by atoms with Crippen molar-refractivity contribution in [2.45, 2.75) is 13.3 Å². The minimum Gasteiger partial charge on any atom is -0.396 e. The lowest BCUT2D eigenvalue weighted by atomic mass is 10.4. The van der Waals surface area contributed by atoms with Crippen LogP contribution in [0.2, 0.25) is 0 Å². The molecule has 0 aromatic carbocycles. The van der Waals surface area contributed by atoms with Crippen LogP contribution in [-0.2, 0) is 0 Å². The molecule has 0 aromatic heterocycles. The van der Waals surface area contributed by atoms with Crippen molar-refractivity contribution < 1.29 is 5.11 Å². The van der Waals surface area contributed by atoms with E-state index in [1.807, 2.05) is 6.92 Å². The van der Waals surface area contributed by atoms with Gasteiger partial charge in [-0.15, -0.1) is 0 Å². The molecule has 0 bridgehead atoms. The first-order valence-electron chi connectivity index (χ1n) is 2.91. The quantitative estimate of drug-likeness (QED) is 0.389. The highest BCUT2D eigenvalue weighted by atomic mass is 16.3. The zero-order valence-electron chi connectivity index (χ0n) is 5.30. The molecule has 3 heteroatoms. The molecule has 0 radical (unpaired) electrons. The molecule has 0 amide bonds. The van der Waals surface area contributed by atoms with E-state index in [1.165, 1.54) is 0 Å². The van der Waals surface area contributed by atoms with Crippen LogP contribution in [0.15, 0.2) is 0 Å². The zero-order chi connectivity index (χ0) is 6.41. The molecule has 0 aliphatic heterocycles. The average molecular weight is 118 g/mol. The van der Waals surface area contributed by atoms with Gasteiger partial charge >= 0.3 is 0 Å². The fraction of sp³-hybridized carbons (Fsp3) is 1.00. The van der Waals surface area contributed by atoms with E-state index in [9.17, 15) is 0 Å². The van der Waals surface area contributed by atoms with Crippen molar-refractivity contribution in [3.63, 3.8) is 0 Å². The Morgan fingerprint density at radius 1 is 1.62 bits per heavy atom. The van der Waals surface area contributed by atoms with Crippen LogP contribution >= 0.6 is 0 Å². The van der Waals surface area contributed by atoms with Gasteiger partial charge in [-0.05, 0) is 6.42 Å². The third-order valence-electron chi connectivity index (χ3n) is 1.01. The molecule has 3 N–H and O–H groups in total. The van der Waals surface area contributed by atoms with Gasteiger partial charge < -0.3 is 5.11 Å². The minimum absolute atomic E-state index is 0.230. The Kier molecular flexibility index (Phi) is 4.95. The molecular weight excluding hydrogens is 104 g/mol. The van der Waals surface area contributed by atoms with Gasteiger partial charge in [0.2, 0.25) is 0 Å². The third-order valence-corrected chi connectivity index (χ3v) is 1.01. The summed E-state index contributed by atoms with van der Waals surface area (Å²) >= 11 is 0. The topological polar surface area (TPSA) is 49.5 Å². The van der Waals surface area contributed by atoms with E-state index in [1.54, 1.807) is 5.01 Å². The number of hydrogen-bond acceptors (Lipinski definition) is 3. The summed E-state index contributed by atoms with van der Waals surface area (Å²) in [5, 5.41) is 10.0. The number of rotatable bonds is 4. The van der Waals surface area contributed by atoms with E-state index in [-0.39, 0.29) is 6.61 Å². The summed E-state index contributed by atoms with van der Waals surface area (Å²) in [4.78, 5) is 0. The monoisotopic (exact) mass is 118 g/mol. The summed E-state index contributed by atoms with van der Waals surface area (Å²) in [6.45, 7) is 3.85. The molecule has 0 unspecified atom stereocenters. The minimum atomic E-state index is 0.230. The summed E-state index contributed by atoms with van der Waals surface area (Å²) < 4.78 is 0. The van der Waals surface area contributed by atoms with Gasteiger partial charge in [-0.2, -0.15) is 0 Å². The molecular formula is C5H14N2O. The molecule has 0 spiro atoms. The second-order valence-electron chi connectivity index (χ2n) is 1.71. The van der Waals surface area contributed by atoms with E-state index in [2.05, 4.69) is 0 Å². The summed E-state index contributed by atoms with van der Waals surface area (Å²) in [6, 6.07) is 0. The van der Waals surface area contributed by atoms with E-state index < -0.39 is 0 Å². The fourth-order valence-electron chi connectivity index (χ4n) is 0.432. The third kappa shape index (κ3) is 4.05. The predicted octanol–water partition coefficient (Wildman–Crippen LogP) is -0.436. The first kappa shape index (κ1) is 7.88. The zero-order valence-corrected chi connectivity index (χ0v) is 5.30. The largest absolute Gasteiger partial charge is 0.396 e. The highest BCUT2D eigenvalue weighted by Gasteiger charge is 1.90. The summed E-state index contributed by atoms with van der Waals surface area (Å²) in [5.74, 6) is 5.38. The van der Waals surface area contributed by atoms with Gasteiger partial charge in [0.15, 0.2) is 0 Å². The predicted molar refractivity (Wildman–Crippen MR) is 33.1 cm³/mol. The number of nitrogens with zero attached hydrogens (tertiary/aromatic N) is 1. The van der Waals surface area contributed by atoms with Crippen molar-refractivity contribution in [3.8, 4) is 0 Å². The molecule has 0 aliphatic carbocycles. The SMILES string of the molecule is CCN(N)CCCO. The lowest BCUT2D eigenvalue weighted by Gasteiger charge is -2.10. The first-order chi connectivity index (χ1) is 3.81. The van der Waals surface area contributed by atoms with Gasteiger partial charge in [-0.1, -0.05) is 6.92 Å². The van der Waals surface area contributed by atoms with Crippen molar-refractivity contribution in [1.82, 2.24) is 5.01 Å². The van der Waals surface area contributed by atoms with Crippen molar-refractivity contribution in [2.75, 3.05) is 19.7 Å². The van der Waals surface area contributed by atoms with Gasteiger partial charge in [0.1, 0.15) is 0 Å². The van der Waals surface area contributed by atoms with Gasteiger partial charge in [-0.25, -0.2) is 5.01 Å². The highest BCUT2D eigenvalue weighted by molar-refractivity contribution is 4.42.